The number of hydrogen-bond acceptors (Lipinski definition) is 2. The third-order valence-corrected chi connectivity index (χ3v) is 3.11. The van der Waals surface area contributed by atoms with E-state index < -0.39 is 5.97 Å². The minimum absolute atomic E-state index is 0.113. The van der Waals surface area contributed by atoms with Gasteiger partial charge in [0, 0.05) is 29.8 Å². The zero-order valence-electron chi connectivity index (χ0n) is 9.71. The molecule has 94 valence electrons. The Hall–Kier alpha value is -1.62. The van der Waals surface area contributed by atoms with Gasteiger partial charge in [-0.1, -0.05) is 28.1 Å². The monoisotopic (exact) mass is 308 g/mol. The van der Waals surface area contributed by atoms with E-state index in [1.165, 1.54) is 0 Å². The van der Waals surface area contributed by atoms with E-state index in [1.54, 1.807) is 6.20 Å². The molecule has 1 N–H and O–H groups in total. The smallest absolute Gasteiger partial charge is 0.305 e. The summed E-state index contributed by atoms with van der Waals surface area (Å²) in [5.41, 5.74) is 1.15. The van der Waals surface area contributed by atoms with Crippen LogP contribution in [0.15, 0.2) is 41.1 Å². The summed E-state index contributed by atoms with van der Waals surface area (Å²) in [6, 6.07) is 8.02. The van der Waals surface area contributed by atoms with Gasteiger partial charge in [0.25, 0.3) is 0 Å². The van der Waals surface area contributed by atoms with Crippen LogP contribution in [0.4, 0.5) is 0 Å². The van der Waals surface area contributed by atoms with Crippen molar-refractivity contribution in [1.29, 1.82) is 0 Å². The third kappa shape index (κ3) is 3.43. The van der Waals surface area contributed by atoms with E-state index in [0.29, 0.717) is 13.0 Å². The van der Waals surface area contributed by atoms with Gasteiger partial charge in [-0.15, -0.1) is 0 Å². The molecule has 1 aromatic heterocycles. The molecule has 0 spiro atoms. The molecule has 0 aliphatic carbocycles. The topological polar surface area (TPSA) is 55.1 Å². The van der Waals surface area contributed by atoms with E-state index in [-0.39, 0.29) is 6.42 Å². The molecule has 0 radical (unpaired) electrons. The SMILES string of the molecule is O=C(O)CCn1ccnc1Cc1cccc(Br)c1. The van der Waals surface area contributed by atoms with Gasteiger partial charge in [0.05, 0.1) is 6.42 Å². The third-order valence-electron chi connectivity index (χ3n) is 2.62. The Kier molecular flexibility index (Phi) is 4.15. The predicted octanol–water partition coefficient (Wildman–Crippen LogP) is 2.71. The summed E-state index contributed by atoms with van der Waals surface area (Å²) in [7, 11) is 0. The molecule has 2 rings (SSSR count). The lowest BCUT2D eigenvalue weighted by Crippen LogP contribution is -2.08. The zero-order valence-corrected chi connectivity index (χ0v) is 11.3. The predicted molar refractivity (Wildman–Crippen MR) is 71.4 cm³/mol. The molecular formula is C13H13BrN2O2. The van der Waals surface area contributed by atoms with Gasteiger partial charge in [-0.2, -0.15) is 0 Å². The van der Waals surface area contributed by atoms with Gasteiger partial charge in [-0.3, -0.25) is 4.79 Å². The Morgan fingerprint density at radius 1 is 1.44 bits per heavy atom. The maximum atomic E-state index is 10.6. The molecule has 0 fully saturated rings. The molecule has 5 heteroatoms. The van der Waals surface area contributed by atoms with Gasteiger partial charge >= 0.3 is 5.97 Å². The number of halogens is 1. The molecule has 0 amide bonds. The lowest BCUT2D eigenvalue weighted by molar-refractivity contribution is -0.137. The standard InChI is InChI=1S/C13H13BrN2O2/c14-11-3-1-2-10(8-11)9-12-15-5-7-16(12)6-4-13(17)18/h1-3,5,7-8H,4,6,9H2,(H,17,18). The van der Waals surface area contributed by atoms with Crippen molar-refractivity contribution >= 4 is 21.9 Å². The first kappa shape index (κ1) is 12.8. The van der Waals surface area contributed by atoms with Crippen molar-refractivity contribution in [3.63, 3.8) is 0 Å². The van der Waals surface area contributed by atoms with E-state index in [2.05, 4.69) is 20.9 Å². The van der Waals surface area contributed by atoms with Crippen LogP contribution in [-0.2, 0) is 17.8 Å². The van der Waals surface area contributed by atoms with Crippen LogP contribution in [0, 0.1) is 0 Å². The van der Waals surface area contributed by atoms with Crippen LogP contribution >= 0.6 is 15.9 Å². The maximum absolute atomic E-state index is 10.6. The van der Waals surface area contributed by atoms with Crippen LogP contribution in [0.2, 0.25) is 0 Å². The molecule has 2 aromatic rings. The van der Waals surface area contributed by atoms with Gasteiger partial charge in [0.15, 0.2) is 0 Å². The van der Waals surface area contributed by atoms with Gasteiger partial charge in [0.2, 0.25) is 0 Å². The van der Waals surface area contributed by atoms with E-state index in [4.69, 9.17) is 5.11 Å². The molecule has 0 saturated heterocycles. The summed E-state index contributed by atoms with van der Waals surface area (Å²) in [5, 5.41) is 8.69. The van der Waals surface area contributed by atoms with Crippen LogP contribution in [0.5, 0.6) is 0 Å². The van der Waals surface area contributed by atoms with Crippen molar-refractivity contribution in [3.8, 4) is 0 Å². The Morgan fingerprint density at radius 2 is 2.28 bits per heavy atom. The fourth-order valence-corrected chi connectivity index (χ4v) is 2.20. The first-order valence-corrected chi connectivity index (χ1v) is 6.40. The number of imidazole rings is 1. The highest BCUT2D eigenvalue weighted by Gasteiger charge is 2.06. The quantitative estimate of drug-likeness (QED) is 0.924. The number of carboxylic acids is 1. The molecule has 0 bridgehead atoms. The van der Waals surface area contributed by atoms with E-state index >= 15 is 0 Å². The van der Waals surface area contributed by atoms with Crippen LogP contribution in [-0.4, -0.2) is 20.6 Å². The molecule has 0 aliphatic rings. The summed E-state index contributed by atoms with van der Waals surface area (Å²) >= 11 is 3.43. The number of aliphatic carboxylic acids is 1. The highest BCUT2D eigenvalue weighted by Crippen LogP contribution is 2.14. The summed E-state index contributed by atoms with van der Waals surface area (Å²) in [5.74, 6) is 0.0893. The lowest BCUT2D eigenvalue weighted by atomic mass is 10.1. The molecule has 0 saturated carbocycles. The van der Waals surface area contributed by atoms with E-state index in [0.717, 1.165) is 15.9 Å². The van der Waals surface area contributed by atoms with Crippen molar-refractivity contribution in [2.24, 2.45) is 0 Å². The van der Waals surface area contributed by atoms with Gasteiger partial charge in [-0.05, 0) is 17.7 Å². The van der Waals surface area contributed by atoms with Crippen LogP contribution < -0.4 is 0 Å². The van der Waals surface area contributed by atoms with Gasteiger partial charge < -0.3 is 9.67 Å². The van der Waals surface area contributed by atoms with Crippen molar-refractivity contribution in [1.82, 2.24) is 9.55 Å². The number of nitrogens with zero attached hydrogens (tertiary/aromatic N) is 2. The average molecular weight is 309 g/mol. The second kappa shape index (κ2) is 5.82. The second-order valence-corrected chi connectivity index (χ2v) is 4.90. The Labute approximate surface area is 113 Å². The fourth-order valence-electron chi connectivity index (χ4n) is 1.76. The molecule has 0 unspecified atom stereocenters. The van der Waals surface area contributed by atoms with Crippen molar-refractivity contribution in [2.45, 2.75) is 19.4 Å². The Morgan fingerprint density at radius 3 is 3.00 bits per heavy atom. The average Bonchev–Trinajstić information content (AvgIpc) is 2.74. The second-order valence-electron chi connectivity index (χ2n) is 3.99. The number of hydrogen-bond donors (Lipinski definition) is 1. The molecule has 0 atom stereocenters. The summed E-state index contributed by atoms with van der Waals surface area (Å²) in [4.78, 5) is 14.8. The minimum Gasteiger partial charge on any atom is -0.481 e. The van der Waals surface area contributed by atoms with E-state index in [1.807, 2.05) is 35.0 Å². The van der Waals surface area contributed by atoms with Crippen LogP contribution in [0.1, 0.15) is 17.8 Å². The number of rotatable bonds is 5. The zero-order chi connectivity index (χ0) is 13.0. The number of benzene rings is 1. The Bertz CT molecular complexity index is 551. The van der Waals surface area contributed by atoms with Crippen molar-refractivity contribution in [3.05, 3.63) is 52.5 Å². The normalized spacial score (nSPS) is 10.5. The van der Waals surface area contributed by atoms with Gasteiger partial charge in [0.1, 0.15) is 5.82 Å². The highest BCUT2D eigenvalue weighted by atomic mass is 79.9. The number of carbonyl (C=O) groups is 1. The summed E-state index contributed by atoms with van der Waals surface area (Å²) in [6.07, 6.45) is 4.33. The van der Waals surface area contributed by atoms with Crippen molar-refractivity contribution < 1.29 is 9.90 Å². The van der Waals surface area contributed by atoms with E-state index in [9.17, 15) is 4.79 Å². The fraction of sp³-hybridized carbons (Fsp3) is 0.231. The minimum atomic E-state index is -0.794. The lowest BCUT2D eigenvalue weighted by Gasteiger charge is -2.06. The first-order valence-electron chi connectivity index (χ1n) is 5.61. The molecule has 1 heterocycles. The number of aryl methyl sites for hydroxylation is 1. The number of carboxylic acid groups (broad SMARTS) is 1. The summed E-state index contributed by atoms with van der Waals surface area (Å²) in [6.45, 7) is 0.457. The molecule has 4 nitrogen and oxygen atoms in total. The van der Waals surface area contributed by atoms with Crippen LogP contribution in [0.3, 0.4) is 0 Å². The molecule has 1 aromatic carbocycles. The number of aromatic nitrogens is 2. The molecule has 18 heavy (non-hydrogen) atoms. The first-order chi connectivity index (χ1) is 8.65. The summed E-state index contributed by atoms with van der Waals surface area (Å²) < 4.78 is 2.92. The maximum Gasteiger partial charge on any atom is 0.305 e. The molecular weight excluding hydrogens is 296 g/mol. The molecule has 0 aliphatic heterocycles. The van der Waals surface area contributed by atoms with Crippen molar-refractivity contribution in [2.75, 3.05) is 0 Å². The largest absolute Gasteiger partial charge is 0.481 e. The van der Waals surface area contributed by atoms with Crippen LogP contribution in [0.25, 0.3) is 0 Å². The highest BCUT2D eigenvalue weighted by molar-refractivity contribution is 9.10. The van der Waals surface area contributed by atoms with Gasteiger partial charge in [-0.25, -0.2) is 4.98 Å². The Balaban J connectivity index is 2.10.